The van der Waals surface area contributed by atoms with Crippen LogP contribution in [-0.4, -0.2) is 17.4 Å². The molecule has 2 heterocycles. The quantitative estimate of drug-likeness (QED) is 0.896. The standard InChI is InChI=1S/C19H25N3OS/c1-19(2,3)11-17(23)21-18-20-15-9-10-22(13-16(15)24-18)12-14-7-5-4-6-8-14/h4-8H,9-13H2,1-3H3,(H,20,21,23)/p+1. The van der Waals surface area contributed by atoms with E-state index in [4.69, 9.17) is 0 Å². The summed E-state index contributed by atoms with van der Waals surface area (Å²) in [5.74, 6) is 0.0575. The van der Waals surface area contributed by atoms with Crippen LogP contribution in [0.2, 0.25) is 0 Å². The largest absolute Gasteiger partial charge is 0.326 e. The smallest absolute Gasteiger partial charge is 0.226 e. The fraction of sp³-hybridized carbons (Fsp3) is 0.474. The van der Waals surface area contributed by atoms with Crippen LogP contribution < -0.4 is 10.2 Å². The lowest BCUT2D eigenvalue weighted by Crippen LogP contribution is -3.10. The van der Waals surface area contributed by atoms with Gasteiger partial charge in [0, 0.05) is 18.4 Å². The van der Waals surface area contributed by atoms with E-state index in [0.29, 0.717) is 6.42 Å². The van der Waals surface area contributed by atoms with Crippen LogP contribution in [-0.2, 0) is 24.3 Å². The van der Waals surface area contributed by atoms with Gasteiger partial charge >= 0.3 is 0 Å². The van der Waals surface area contributed by atoms with Gasteiger partial charge in [-0.2, -0.15) is 0 Å². The van der Waals surface area contributed by atoms with Gasteiger partial charge in [0.15, 0.2) is 5.13 Å². The van der Waals surface area contributed by atoms with Crippen LogP contribution in [0.5, 0.6) is 0 Å². The van der Waals surface area contributed by atoms with Crippen LogP contribution in [0.25, 0.3) is 0 Å². The third-order valence-corrected chi connectivity index (χ3v) is 5.15. The number of benzene rings is 1. The lowest BCUT2D eigenvalue weighted by Gasteiger charge is -2.22. The molecule has 0 fully saturated rings. The number of carbonyl (C=O) groups is 1. The van der Waals surface area contributed by atoms with Crippen molar-refractivity contribution in [3.8, 4) is 0 Å². The summed E-state index contributed by atoms with van der Waals surface area (Å²) in [6.45, 7) is 9.36. The van der Waals surface area contributed by atoms with Crippen molar-refractivity contribution in [2.24, 2.45) is 5.41 Å². The molecule has 1 aromatic carbocycles. The molecule has 24 heavy (non-hydrogen) atoms. The summed E-state index contributed by atoms with van der Waals surface area (Å²) in [5.41, 5.74) is 2.54. The van der Waals surface area contributed by atoms with Gasteiger partial charge in [-0.25, -0.2) is 4.98 Å². The highest BCUT2D eigenvalue weighted by atomic mass is 32.1. The maximum Gasteiger partial charge on any atom is 0.226 e. The van der Waals surface area contributed by atoms with Crippen LogP contribution in [0.3, 0.4) is 0 Å². The van der Waals surface area contributed by atoms with E-state index in [-0.39, 0.29) is 11.3 Å². The van der Waals surface area contributed by atoms with Gasteiger partial charge in [0.1, 0.15) is 13.1 Å². The number of fused-ring (bicyclic) bond motifs is 1. The Hall–Kier alpha value is -1.72. The lowest BCUT2D eigenvalue weighted by molar-refractivity contribution is -0.929. The summed E-state index contributed by atoms with van der Waals surface area (Å²) in [5, 5.41) is 3.74. The number of anilines is 1. The van der Waals surface area contributed by atoms with E-state index in [1.54, 1.807) is 16.2 Å². The van der Waals surface area contributed by atoms with Crippen molar-refractivity contribution in [1.82, 2.24) is 4.98 Å². The average molecular weight is 345 g/mol. The lowest BCUT2D eigenvalue weighted by atomic mass is 9.92. The van der Waals surface area contributed by atoms with Gasteiger partial charge in [0.05, 0.1) is 17.1 Å². The van der Waals surface area contributed by atoms with Gasteiger partial charge in [-0.3, -0.25) is 4.79 Å². The molecule has 3 rings (SSSR count). The van der Waals surface area contributed by atoms with Crippen LogP contribution >= 0.6 is 11.3 Å². The first-order chi connectivity index (χ1) is 11.4. The average Bonchev–Trinajstić information content (AvgIpc) is 2.87. The van der Waals surface area contributed by atoms with Gasteiger partial charge in [0.25, 0.3) is 0 Å². The van der Waals surface area contributed by atoms with Gasteiger partial charge in [-0.05, 0) is 5.41 Å². The van der Waals surface area contributed by atoms with Gasteiger partial charge in [0.2, 0.25) is 5.91 Å². The molecule has 1 unspecified atom stereocenters. The van der Waals surface area contributed by atoms with Crippen LogP contribution in [0.15, 0.2) is 30.3 Å². The monoisotopic (exact) mass is 344 g/mol. The number of aromatic nitrogens is 1. The SMILES string of the molecule is CC(C)(C)CC(=O)Nc1nc2c(s1)C[NH+](Cc1ccccc1)CC2. The van der Waals surface area contributed by atoms with Crippen LogP contribution in [0.4, 0.5) is 5.13 Å². The zero-order chi connectivity index (χ0) is 17.2. The Labute approximate surface area is 147 Å². The van der Waals surface area contributed by atoms with Crippen molar-refractivity contribution in [3.63, 3.8) is 0 Å². The van der Waals surface area contributed by atoms with E-state index in [9.17, 15) is 4.79 Å². The van der Waals surface area contributed by atoms with E-state index < -0.39 is 0 Å². The number of thiazole rings is 1. The highest BCUT2D eigenvalue weighted by molar-refractivity contribution is 7.15. The molecule has 0 saturated heterocycles. The molecule has 0 spiro atoms. The van der Waals surface area contributed by atoms with Crippen LogP contribution in [0.1, 0.15) is 43.3 Å². The molecule has 128 valence electrons. The van der Waals surface area contributed by atoms with Crippen molar-refractivity contribution >= 4 is 22.4 Å². The number of carbonyl (C=O) groups excluding carboxylic acids is 1. The molecule has 0 saturated carbocycles. The van der Waals surface area contributed by atoms with E-state index >= 15 is 0 Å². The van der Waals surface area contributed by atoms with Crippen molar-refractivity contribution in [1.29, 1.82) is 0 Å². The van der Waals surface area contributed by atoms with Gasteiger partial charge < -0.3 is 10.2 Å². The Balaban J connectivity index is 1.61. The molecule has 1 aliphatic heterocycles. The fourth-order valence-corrected chi connectivity index (χ4v) is 4.16. The van der Waals surface area contributed by atoms with E-state index in [1.807, 2.05) is 0 Å². The zero-order valence-corrected chi connectivity index (χ0v) is 15.5. The Kier molecular flexibility index (Phi) is 5.01. The minimum absolute atomic E-state index is 0.00239. The molecular weight excluding hydrogens is 318 g/mol. The predicted octanol–water partition coefficient (Wildman–Crippen LogP) is 2.66. The van der Waals surface area contributed by atoms with Gasteiger partial charge in [-0.1, -0.05) is 62.4 Å². The Morgan fingerprint density at radius 1 is 1.29 bits per heavy atom. The predicted molar refractivity (Wildman–Crippen MR) is 98.2 cm³/mol. The zero-order valence-electron chi connectivity index (χ0n) is 14.7. The minimum Gasteiger partial charge on any atom is -0.326 e. The number of nitrogens with zero attached hydrogens (tertiary/aromatic N) is 1. The summed E-state index contributed by atoms with van der Waals surface area (Å²) in [7, 11) is 0. The third kappa shape index (κ3) is 4.65. The second-order valence-corrected chi connectivity index (χ2v) is 8.85. The highest BCUT2D eigenvalue weighted by Crippen LogP contribution is 2.26. The van der Waals surface area contributed by atoms with E-state index in [2.05, 4.69) is 61.4 Å². The number of nitrogens with one attached hydrogen (secondary N) is 2. The Morgan fingerprint density at radius 3 is 2.75 bits per heavy atom. The molecule has 2 N–H and O–H groups in total. The highest BCUT2D eigenvalue weighted by Gasteiger charge is 2.25. The summed E-state index contributed by atoms with van der Waals surface area (Å²) >= 11 is 1.64. The molecule has 2 aromatic rings. The molecule has 0 bridgehead atoms. The number of hydrogen-bond donors (Lipinski definition) is 2. The summed E-state index contributed by atoms with van der Waals surface area (Å²) in [6, 6.07) is 10.6. The number of hydrogen-bond acceptors (Lipinski definition) is 3. The minimum atomic E-state index is -0.00239. The molecule has 0 radical (unpaired) electrons. The first-order valence-electron chi connectivity index (χ1n) is 8.55. The Bertz CT molecular complexity index is 703. The van der Waals surface area contributed by atoms with Crippen molar-refractivity contribution in [3.05, 3.63) is 46.5 Å². The van der Waals surface area contributed by atoms with Crippen LogP contribution in [0, 0.1) is 5.41 Å². The number of quaternary nitrogens is 1. The second kappa shape index (κ2) is 7.03. The van der Waals surface area contributed by atoms with E-state index in [1.165, 1.54) is 16.1 Å². The second-order valence-electron chi connectivity index (χ2n) is 7.76. The topological polar surface area (TPSA) is 46.4 Å². The van der Waals surface area contributed by atoms with E-state index in [0.717, 1.165) is 31.2 Å². The molecule has 1 aromatic heterocycles. The van der Waals surface area contributed by atoms with Crippen molar-refractivity contribution in [2.75, 3.05) is 11.9 Å². The number of amides is 1. The summed E-state index contributed by atoms with van der Waals surface area (Å²) < 4.78 is 0. The molecule has 1 atom stereocenters. The molecule has 5 heteroatoms. The van der Waals surface area contributed by atoms with Gasteiger partial charge in [-0.15, -0.1) is 0 Å². The van der Waals surface area contributed by atoms with Crippen molar-refractivity contribution < 1.29 is 9.69 Å². The molecule has 1 aliphatic rings. The molecule has 1 amide bonds. The fourth-order valence-electron chi connectivity index (χ4n) is 3.06. The summed E-state index contributed by atoms with van der Waals surface area (Å²) in [6.07, 6.45) is 1.51. The summed E-state index contributed by atoms with van der Waals surface area (Å²) in [4.78, 5) is 19.6. The molecular formula is C19H26N3OS+. The molecule has 4 nitrogen and oxygen atoms in total. The maximum absolute atomic E-state index is 12.1. The normalized spacial score (nSPS) is 17.4. The first kappa shape index (κ1) is 17.1. The third-order valence-electron chi connectivity index (χ3n) is 4.14. The first-order valence-corrected chi connectivity index (χ1v) is 9.37. The number of rotatable bonds is 4. The Morgan fingerprint density at radius 2 is 2.04 bits per heavy atom. The molecule has 0 aliphatic carbocycles. The van der Waals surface area contributed by atoms with Crippen molar-refractivity contribution in [2.45, 2.75) is 46.7 Å². The maximum atomic E-state index is 12.1.